The lowest BCUT2D eigenvalue weighted by Gasteiger charge is -2.15. The maximum absolute atomic E-state index is 2.41. The Bertz CT molecular complexity index is 122. The van der Waals surface area contributed by atoms with Gasteiger partial charge in [0.25, 0.3) is 0 Å². The summed E-state index contributed by atoms with van der Waals surface area (Å²) in [5, 5.41) is 0. The molecule has 1 unspecified atom stereocenters. The zero-order valence-corrected chi connectivity index (χ0v) is 9.03. The van der Waals surface area contributed by atoms with Crippen LogP contribution in [0.2, 0.25) is 0 Å². The quantitative estimate of drug-likeness (QED) is 0.551. The number of hydrogen-bond donors (Lipinski definition) is 0. The second-order valence-electron chi connectivity index (χ2n) is 4.79. The fourth-order valence-electron chi connectivity index (χ4n) is 2.15. The topological polar surface area (TPSA) is 0 Å². The monoisotopic (exact) mass is 168 g/mol. The van der Waals surface area contributed by atoms with E-state index in [1.807, 2.05) is 0 Å². The van der Waals surface area contributed by atoms with Gasteiger partial charge in [-0.1, -0.05) is 46.5 Å². The van der Waals surface area contributed by atoms with Gasteiger partial charge in [0, 0.05) is 0 Å². The van der Waals surface area contributed by atoms with E-state index in [-0.39, 0.29) is 0 Å². The molecule has 0 aromatic carbocycles. The van der Waals surface area contributed by atoms with Gasteiger partial charge in [0.1, 0.15) is 0 Å². The van der Waals surface area contributed by atoms with Crippen molar-refractivity contribution in [3.63, 3.8) is 0 Å². The Morgan fingerprint density at radius 1 is 1.17 bits per heavy atom. The van der Waals surface area contributed by atoms with Gasteiger partial charge in [0.05, 0.1) is 0 Å². The zero-order chi connectivity index (χ0) is 9.03. The van der Waals surface area contributed by atoms with Crippen LogP contribution < -0.4 is 0 Å². The van der Waals surface area contributed by atoms with Crippen molar-refractivity contribution in [3.8, 4) is 0 Å². The summed E-state index contributed by atoms with van der Waals surface area (Å²) in [5.74, 6) is 0.971. The SMILES string of the molecule is CCCC(C)CCC1(CC)CC1. The van der Waals surface area contributed by atoms with E-state index in [4.69, 9.17) is 0 Å². The van der Waals surface area contributed by atoms with E-state index >= 15 is 0 Å². The number of hydrogen-bond acceptors (Lipinski definition) is 0. The fraction of sp³-hybridized carbons (Fsp3) is 1.00. The Morgan fingerprint density at radius 3 is 2.25 bits per heavy atom. The molecule has 0 saturated heterocycles. The molecular formula is C12H24. The maximum atomic E-state index is 2.41. The van der Waals surface area contributed by atoms with Crippen LogP contribution in [0.25, 0.3) is 0 Å². The van der Waals surface area contributed by atoms with Gasteiger partial charge in [-0.15, -0.1) is 0 Å². The van der Waals surface area contributed by atoms with Crippen LogP contribution in [0.15, 0.2) is 0 Å². The summed E-state index contributed by atoms with van der Waals surface area (Å²) in [6, 6.07) is 0. The largest absolute Gasteiger partial charge is 0.0654 e. The molecule has 0 aromatic rings. The maximum Gasteiger partial charge on any atom is -0.0300 e. The van der Waals surface area contributed by atoms with Crippen LogP contribution in [0.4, 0.5) is 0 Å². The predicted molar refractivity (Wildman–Crippen MR) is 55.3 cm³/mol. The molecule has 1 fully saturated rings. The molecule has 1 saturated carbocycles. The molecule has 0 aliphatic heterocycles. The van der Waals surface area contributed by atoms with E-state index in [1.165, 1.54) is 44.9 Å². The second-order valence-corrected chi connectivity index (χ2v) is 4.79. The first kappa shape index (κ1) is 10.1. The van der Waals surface area contributed by atoms with Crippen molar-refractivity contribution in [1.82, 2.24) is 0 Å². The van der Waals surface area contributed by atoms with Gasteiger partial charge in [0.2, 0.25) is 0 Å². The highest BCUT2D eigenvalue weighted by molar-refractivity contribution is 4.91. The molecule has 1 aliphatic carbocycles. The average molecular weight is 168 g/mol. The molecule has 0 nitrogen and oxygen atoms in total. The van der Waals surface area contributed by atoms with E-state index in [1.54, 1.807) is 0 Å². The Kier molecular flexibility index (Phi) is 3.61. The van der Waals surface area contributed by atoms with Crippen LogP contribution >= 0.6 is 0 Å². The second kappa shape index (κ2) is 4.30. The van der Waals surface area contributed by atoms with Crippen LogP contribution in [-0.4, -0.2) is 0 Å². The summed E-state index contributed by atoms with van der Waals surface area (Å²) in [7, 11) is 0. The van der Waals surface area contributed by atoms with Crippen molar-refractivity contribution in [2.24, 2.45) is 11.3 Å². The first-order chi connectivity index (χ1) is 5.72. The Balaban J connectivity index is 2.08. The Morgan fingerprint density at radius 2 is 1.83 bits per heavy atom. The molecule has 1 aliphatic rings. The molecule has 1 rings (SSSR count). The first-order valence-electron chi connectivity index (χ1n) is 5.72. The zero-order valence-electron chi connectivity index (χ0n) is 9.03. The molecular weight excluding hydrogens is 144 g/mol. The average Bonchev–Trinajstić information content (AvgIpc) is 2.82. The van der Waals surface area contributed by atoms with E-state index in [0.717, 1.165) is 11.3 Å². The Hall–Kier alpha value is 0. The van der Waals surface area contributed by atoms with Gasteiger partial charge in [0.15, 0.2) is 0 Å². The van der Waals surface area contributed by atoms with Gasteiger partial charge >= 0.3 is 0 Å². The smallest absolute Gasteiger partial charge is 0.0300 e. The van der Waals surface area contributed by atoms with Gasteiger partial charge in [-0.3, -0.25) is 0 Å². The summed E-state index contributed by atoms with van der Waals surface area (Å²) in [6.45, 7) is 7.07. The van der Waals surface area contributed by atoms with Crippen molar-refractivity contribution in [3.05, 3.63) is 0 Å². The first-order valence-corrected chi connectivity index (χ1v) is 5.72. The highest BCUT2D eigenvalue weighted by atomic mass is 14.4. The van der Waals surface area contributed by atoms with Crippen molar-refractivity contribution in [2.45, 2.75) is 65.7 Å². The molecule has 12 heavy (non-hydrogen) atoms. The van der Waals surface area contributed by atoms with Crippen LogP contribution in [0.1, 0.15) is 65.7 Å². The van der Waals surface area contributed by atoms with Crippen LogP contribution in [-0.2, 0) is 0 Å². The standard InChI is InChI=1S/C12H24/c1-4-6-11(3)7-8-12(5-2)9-10-12/h11H,4-10H2,1-3H3. The van der Waals surface area contributed by atoms with Crippen molar-refractivity contribution >= 4 is 0 Å². The third-order valence-corrected chi connectivity index (χ3v) is 3.66. The van der Waals surface area contributed by atoms with Gasteiger partial charge in [-0.05, 0) is 30.6 Å². The van der Waals surface area contributed by atoms with Crippen molar-refractivity contribution in [2.75, 3.05) is 0 Å². The lowest BCUT2D eigenvalue weighted by atomic mass is 9.90. The summed E-state index contributed by atoms with van der Waals surface area (Å²) < 4.78 is 0. The number of rotatable bonds is 6. The lowest BCUT2D eigenvalue weighted by Crippen LogP contribution is -2.02. The Labute approximate surface area is 77.7 Å². The molecule has 0 amide bonds. The van der Waals surface area contributed by atoms with Crippen molar-refractivity contribution in [1.29, 1.82) is 0 Å². The third-order valence-electron chi connectivity index (χ3n) is 3.66. The van der Waals surface area contributed by atoms with Crippen LogP contribution in [0.5, 0.6) is 0 Å². The highest BCUT2D eigenvalue weighted by Gasteiger charge is 2.39. The molecule has 0 bridgehead atoms. The summed E-state index contributed by atoms with van der Waals surface area (Å²) in [5.41, 5.74) is 0.821. The minimum Gasteiger partial charge on any atom is -0.0654 e. The highest BCUT2D eigenvalue weighted by Crippen LogP contribution is 2.52. The van der Waals surface area contributed by atoms with E-state index < -0.39 is 0 Å². The summed E-state index contributed by atoms with van der Waals surface area (Å²) >= 11 is 0. The molecule has 0 radical (unpaired) electrons. The molecule has 0 heteroatoms. The van der Waals surface area contributed by atoms with Crippen molar-refractivity contribution < 1.29 is 0 Å². The third kappa shape index (κ3) is 2.80. The normalized spacial score (nSPS) is 22.2. The van der Waals surface area contributed by atoms with Gasteiger partial charge in [-0.2, -0.15) is 0 Å². The minimum atomic E-state index is 0.821. The molecule has 1 atom stereocenters. The van der Waals surface area contributed by atoms with Gasteiger partial charge in [-0.25, -0.2) is 0 Å². The van der Waals surface area contributed by atoms with E-state index in [0.29, 0.717) is 0 Å². The predicted octanol–water partition coefficient (Wildman–Crippen LogP) is 4.39. The summed E-state index contributed by atoms with van der Waals surface area (Å²) in [4.78, 5) is 0. The molecule has 0 heterocycles. The van der Waals surface area contributed by atoms with E-state index in [9.17, 15) is 0 Å². The summed E-state index contributed by atoms with van der Waals surface area (Å²) in [6.07, 6.45) is 10.2. The molecule has 0 spiro atoms. The van der Waals surface area contributed by atoms with Crippen LogP contribution in [0, 0.1) is 11.3 Å². The van der Waals surface area contributed by atoms with E-state index in [2.05, 4.69) is 20.8 Å². The minimum absolute atomic E-state index is 0.821. The van der Waals surface area contributed by atoms with Gasteiger partial charge < -0.3 is 0 Å². The lowest BCUT2D eigenvalue weighted by molar-refractivity contribution is 0.369. The molecule has 0 N–H and O–H groups in total. The molecule has 72 valence electrons. The fourth-order valence-corrected chi connectivity index (χ4v) is 2.15. The molecule has 0 aromatic heterocycles. The van der Waals surface area contributed by atoms with Crippen LogP contribution in [0.3, 0.4) is 0 Å².